The molecule has 0 saturated heterocycles. The summed E-state index contributed by atoms with van der Waals surface area (Å²) in [6.45, 7) is 0.110. The third-order valence-electron chi connectivity index (χ3n) is 4.77. The topological polar surface area (TPSA) is 79.4 Å². The lowest BCUT2D eigenvalue weighted by Gasteiger charge is -2.22. The highest BCUT2D eigenvalue weighted by Gasteiger charge is 2.37. The van der Waals surface area contributed by atoms with Crippen LogP contribution in [0, 0.1) is 0 Å². The Morgan fingerprint density at radius 1 is 1.21 bits per heavy atom. The van der Waals surface area contributed by atoms with E-state index in [1.54, 1.807) is 11.5 Å². The predicted octanol–water partition coefficient (Wildman–Crippen LogP) is 4.79. The van der Waals surface area contributed by atoms with Gasteiger partial charge in [-0.25, -0.2) is 13.4 Å². The second-order valence-corrected chi connectivity index (χ2v) is 11.7. The standard InChI is InChI=1S/C20H15ClF3N3O3S3/c21-16-7-8-18(32-16)33(29,30)27-9-1-2-15(27)19(28)25-10-17-26-14(11-31-17)12-3-5-13(6-4-12)20(22,23)24/h1-8,11,15H,9-10H2,(H,25,28)/t15-/m0/s1. The zero-order chi connectivity index (χ0) is 23.8. The molecule has 0 aliphatic carbocycles. The van der Waals surface area contributed by atoms with Gasteiger partial charge in [-0.1, -0.05) is 35.9 Å². The SMILES string of the molecule is O=C(NCc1nc(-c2ccc(C(F)(F)F)cc2)cs1)[C@@H]1C=CCN1S(=O)(=O)c1ccc(Cl)s1. The van der Waals surface area contributed by atoms with Crippen molar-refractivity contribution in [3.8, 4) is 11.3 Å². The Bertz CT molecular complexity index is 1300. The van der Waals surface area contributed by atoms with Gasteiger partial charge in [-0.15, -0.1) is 22.7 Å². The lowest BCUT2D eigenvalue weighted by Crippen LogP contribution is -2.45. The van der Waals surface area contributed by atoms with Crippen molar-refractivity contribution in [2.24, 2.45) is 0 Å². The van der Waals surface area contributed by atoms with Crippen LogP contribution < -0.4 is 5.32 Å². The average molecular weight is 534 g/mol. The quantitative estimate of drug-likeness (QED) is 0.462. The molecule has 0 unspecified atom stereocenters. The summed E-state index contributed by atoms with van der Waals surface area (Å²) in [5, 5.41) is 4.88. The Balaban J connectivity index is 1.41. The lowest BCUT2D eigenvalue weighted by atomic mass is 10.1. The number of amides is 1. The normalized spacial score (nSPS) is 16.9. The summed E-state index contributed by atoms with van der Waals surface area (Å²) < 4.78 is 65.4. The van der Waals surface area contributed by atoms with Crippen molar-refractivity contribution in [1.29, 1.82) is 0 Å². The van der Waals surface area contributed by atoms with E-state index >= 15 is 0 Å². The highest BCUT2D eigenvalue weighted by Crippen LogP contribution is 2.32. The van der Waals surface area contributed by atoms with Gasteiger partial charge in [0.2, 0.25) is 5.91 Å². The van der Waals surface area contributed by atoms with Gasteiger partial charge >= 0.3 is 6.18 Å². The molecule has 174 valence electrons. The maximum atomic E-state index is 12.9. The van der Waals surface area contributed by atoms with E-state index in [-0.39, 0.29) is 17.3 Å². The van der Waals surface area contributed by atoms with E-state index in [4.69, 9.17) is 11.6 Å². The van der Waals surface area contributed by atoms with E-state index in [2.05, 4.69) is 10.3 Å². The number of carbonyl (C=O) groups excluding carboxylic acids is 1. The van der Waals surface area contributed by atoms with Gasteiger partial charge in [0, 0.05) is 17.5 Å². The molecule has 1 atom stereocenters. The molecule has 1 N–H and O–H groups in total. The summed E-state index contributed by atoms with van der Waals surface area (Å²) in [5.74, 6) is -0.513. The maximum Gasteiger partial charge on any atom is 0.416 e. The largest absolute Gasteiger partial charge is 0.416 e. The van der Waals surface area contributed by atoms with Crippen LogP contribution in [-0.4, -0.2) is 36.2 Å². The molecule has 0 spiro atoms. The predicted molar refractivity (Wildman–Crippen MR) is 121 cm³/mol. The smallest absolute Gasteiger partial charge is 0.348 e. The van der Waals surface area contributed by atoms with Gasteiger partial charge in [-0.3, -0.25) is 4.79 Å². The number of rotatable bonds is 6. The highest BCUT2D eigenvalue weighted by molar-refractivity contribution is 7.91. The number of alkyl halides is 3. The molecule has 2 aromatic heterocycles. The van der Waals surface area contributed by atoms with E-state index < -0.39 is 33.7 Å². The summed E-state index contributed by atoms with van der Waals surface area (Å²) in [6, 6.07) is 6.51. The first-order chi connectivity index (χ1) is 15.6. The van der Waals surface area contributed by atoms with Crippen molar-refractivity contribution in [1.82, 2.24) is 14.6 Å². The van der Waals surface area contributed by atoms with Gasteiger partial charge in [0.15, 0.2) is 0 Å². The molecule has 0 bridgehead atoms. The van der Waals surface area contributed by atoms with E-state index in [1.165, 1.54) is 41.7 Å². The Hall–Kier alpha value is -2.25. The number of sulfonamides is 1. The van der Waals surface area contributed by atoms with Gasteiger partial charge in [0.1, 0.15) is 15.3 Å². The van der Waals surface area contributed by atoms with E-state index in [9.17, 15) is 26.4 Å². The molecule has 0 fully saturated rings. The second-order valence-electron chi connectivity index (χ2n) is 6.93. The highest BCUT2D eigenvalue weighted by atomic mass is 35.5. The molecule has 3 aromatic rings. The molecule has 3 heterocycles. The minimum Gasteiger partial charge on any atom is -0.348 e. The number of benzene rings is 1. The van der Waals surface area contributed by atoms with Crippen LogP contribution in [0.25, 0.3) is 11.3 Å². The number of thiazole rings is 1. The van der Waals surface area contributed by atoms with Crippen LogP contribution in [0.15, 0.2) is 58.1 Å². The minimum absolute atomic E-state index is 0.0488. The van der Waals surface area contributed by atoms with Crippen LogP contribution in [0.1, 0.15) is 10.6 Å². The lowest BCUT2D eigenvalue weighted by molar-refractivity contribution is -0.137. The summed E-state index contributed by atoms with van der Waals surface area (Å²) >= 11 is 8.00. The molecule has 4 rings (SSSR count). The van der Waals surface area contributed by atoms with E-state index in [0.717, 1.165) is 27.8 Å². The first kappa shape index (κ1) is 23.9. The van der Waals surface area contributed by atoms with Crippen LogP contribution in [0.3, 0.4) is 0 Å². The van der Waals surface area contributed by atoms with Crippen LogP contribution in [0.4, 0.5) is 13.2 Å². The average Bonchev–Trinajstić information content (AvgIpc) is 3.52. The molecule has 1 aliphatic heterocycles. The molecule has 1 aliphatic rings. The van der Waals surface area contributed by atoms with Crippen molar-refractivity contribution in [3.05, 3.63) is 68.8 Å². The van der Waals surface area contributed by atoms with Crippen LogP contribution in [-0.2, 0) is 27.5 Å². The van der Waals surface area contributed by atoms with Crippen molar-refractivity contribution in [2.75, 3.05) is 6.54 Å². The number of aromatic nitrogens is 1. The molecular formula is C20H15ClF3N3O3S3. The number of thiophene rings is 1. The van der Waals surface area contributed by atoms with Crippen molar-refractivity contribution in [2.45, 2.75) is 23.0 Å². The van der Waals surface area contributed by atoms with Gasteiger partial charge in [0.05, 0.1) is 22.1 Å². The fourth-order valence-corrected chi connectivity index (χ4v) is 7.00. The zero-order valence-electron chi connectivity index (χ0n) is 16.5. The van der Waals surface area contributed by atoms with Gasteiger partial charge in [-0.05, 0) is 24.3 Å². The second kappa shape index (κ2) is 9.18. The van der Waals surface area contributed by atoms with Crippen molar-refractivity contribution >= 4 is 50.2 Å². The van der Waals surface area contributed by atoms with Crippen LogP contribution >= 0.6 is 34.3 Å². The van der Waals surface area contributed by atoms with E-state index in [1.807, 2.05) is 0 Å². The van der Waals surface area contributed by atoms with Crippen molar-refractivity contribution in [3.63, 3.8) is 0 Å². The fraction of sp³-hybridized carbons (Fsp3) is 0.200. The van der Waals surface area contributed by atoms with Gasteiger partial charge in [0.25, 0.3) is 10.0 Å². The summed E-state index contributed by atoms with van der Waals surface area (Å²) in [7, 11) is -3.89. The van der Waals surface area contributed by atoms with Crippen molar-refractivity contribution < 1.29 is 26.4 Å². The van der Waals surface area contributed by atoms with Gasteiger partial charge in [-0.2, -0.15) is 17.5 Å². The number of halogens is 4. The molecule has 0 radical (unpaired) electrons. The Labute approximate surface area is 200 Å². The minimum atomic E-state index is -4.41. The summed E-state index contributed by atoms with van der Waals surface area (Å²) in [4.78, 5) is 17.0. The number of carbonyl (C=O) groups is 1. The first-order valence-electron chi connectivity index (χ1n) is 9.39. The number of nitrogens with one attached hydrogen (secondary N) is 1. The molecule has 1 amide bonds. The van der Waals surface area contributed by atoms with Gasteiger partial charge < -0.3 is 5.32 Å². The Morgan fingerprint density at radius 3 is 2.58 bits per heavy atom. The fourth-order valence-electron chi connectivity index (χ4n) is 3.14. The Morgan fingerprint density at radius 2 is 1.94 bits per heavy atom. The third kappa shape index (κ3) is 5.14. The summed E-state index contributed by atoms with van der Waals surface area (Å²) in [6.07, 6.45) is -1.30. The molecule has 6 nitrogen and oxygen atoms in total. The summed E-state index contributed by atoms with van der Waals surface area (Å²) in [5.41, 5.74) is 0.253. The first-order valence-corrected chi connectivity index (χ1v) is 12.9. The Kier molecular flexibility index (Phi) is 6.65. The molecule has 33 heavy (non-hydrogen) atoms. The van der Waals surface area contributed by atoms with Crippen LogP contribution in [0.5, 0.6) is 0 Å². The third-order valence-corrected chi connectivity index (χ3v) is 9.16. The molecular weight excluding hydrogens is 519 g/mol. The molecule has 13 heteroatoms. The zero-order valence-corrected chi connectivity index (χ0v) is 19.7. The van der Waals surface area contributed by atoms with E-state index in [0.29, 0.717) is 20.6 Å². The monoisotopic (exact) mass is 533 g/mol. The maximum absolute atomic E-state index is 12.9. The number of hydrogen-bond donors (Lipinski definition) is 1. The number of nitrogens with zero attached hydrogens (tertiary/aromatic N) is 2. The molecule has 0 saturated carbocycles. The molecule has 1 aromatic carbocycles. The number of hydrogen-bond acceptors (Lipinski definition) is 6. The van der Waals surface area contributed by atoms with Crippen LogP contribution in [0.2, 0.25) is 4.34 Å².